The first-order valence-electron chi connectivity index (χ1n) is 6.48. The lowest BCUT2D eigenvalue weighted by Gasteiger charge is -2.37. The molecule has 0 amide bonds. The zero-order valence-electron chi connectivity index (χ0n) is 11.3. The van der Waals surface area contributed by atoms with E-state index in [4.69, 9.17) is 5.26 Å². The minimum absolute atomic E-state index is 0.144. The van der Waals surface area contributed by atoms with Gasteiger partial charge in [0.2, 0.25) is 0 Å². The van der Waals surface area contributed by atoms with Crippen molar-refractivity contribution >= 4 is 0 Å². The van der Waals surface area contributed by atoms with Gasteiger partial charge in [0.05, 0.1) is 11.5 Å². The largest absolute Gasteiger partial charge is 0.303 e. The van der Waals surface area contributed by atoms with Gasteiger partial charge in [0, 0.05) is 0 Å². The maximum atomic E-state index is 8.94. The Morgan fingerprint density at radius 2 is 1.81 bits per heavy atom. The van der Waals surface area contributed by atoms with Crippen molar-refractivity contribution in [3.8, 4) is 6.07 Å². The van der Waals surface area contributed by atoms with Gasteiger partial charge in [0.25, 0.3) is 0 Å². The van der Waals surface area contributed by atoms with Gasteiger partial charge in [-0.2, -0.15) is 5.26 Å². The summed E-state index contributed by atoms with van der Waals surface area (Å²) in [4.78, 5) is 2.55. The van der Waals surface area contributed by atoms with Crippen LogP contribution in [0.5, 0.6) is 0 Å². The molecular formula is C14H26N2. The van der Waals surface area contributed by atoms with Crippen LogP contribution in [0.4, 0.5) is 0 Å². The van der Waals surface area contributed by atoms with E-state index in [1.54, 1.807) is 0 Å². The van der Waals surface area contributed by atoms with Crippen LogP contribution < -0.4 is 0 Å². The molecule has 1 saturated heterocycles. The van der Waals surface area contributed by atoms with Crippen molar-refractivity contribution in [3.05, 3.63) is 0 Å². The summed E-state index contributed by atoms with van der Waals surface area (Å²) in [5, 5.41) is 8.94. The van der Waals surface area contributed by atoms with E-state index >= 15 is 0 Å². The van der Waals surface area contributed by atoms with Gasteiger partial charge in [0.15, 0.2) is 0 Å². The van der Waals surface area contributed by atoms with Crippen LogP contribution in [0, 0.1) is 22.2 Å². The SMILES string of the molecule is CC(C)(C#N)CCCN1CCC(C)(C)CC1. The summed E-state index contributed by atoms with van der Waals surface area (Å²) in [6, 6.07) is 2.37. The van der Waals surface area contributed by atoms with Crippen LogP contribution in [-0.2, 0) is 0 Å². The van der Waals surface area contributed by atoms with Gasteiger partial charge in [0.1, 0.15) is 0 Å². The Balaban J connectivity index is 2.19. The first-order chi connectivity index (χ1) is 7.35. The number of hydrogen-bond donors (Lipinski definition) is 0. The van der Waals surface area contributed by atoms with E-state index in [-0.39, 0.29) is 5.41 Å². The third-order valence-electron chi connectivity index (χ3n) is 3.79. The lowest BCUT2D eigenvalue weighted by molar-refractivity contribution is 0.128. The second-order valence-corrected chi connectivity index (χ2v) is 6.61. The van der Waals surface area contributed by atoms with E-state index in [0.29, 0.717) is 5.41 Å². The smallest absolute Gasteiger partial charge is 0.0683 e. The highest BCUT2D eigenvalue weighted by atomic mass is 15.1. The molecule has 1 heterocycles. The van der Waals surface area contributed by atoms with Gasteiger partial charge in [-0.1, -0.05) is 13.8 Å². The normalized spacial score (nSPS) is 21.7. The van der Waals surface area contributed by atoms with Crippen LogP contribution in [-0.4, -0.2) is 24.5 Å². The van der Waals surface area contributed by atoms with Gasteiger partial charge >= 0.3 is 0 Å². The van der Waals surface area contributed by atoms with Crippen LogP contribution in [0.1, 0.15) is 53.4 Å². The Morgan fingerprint density at radius 1 is 1.25 bits per heavy atom. The Labute approximate surface area is 101 Å². The molecule has 1 aliphatic heterocycles. The molecule has 92 valence electrons. The molecule has 0 aromatic rings. The maximum Gasteiger partial charge on any atom is 0.0683 e. The zero-order valence-corrected chi connectivity index (χ0v) is 11.3. The molecule has 16 heavy (non-hydrogen) atoms. The average Bonchev–Trinajstić information content (AvgIpc) is 2.20. The van der Waals surface area contributed by atoms with E-state index < -0.39 is 0 Å². The maximum absolute atomic E-state index is 8.94. The van der Waals surface area contributed by atoms with Crippen LogP contribution >= 0.6 is 0 Å². The predicted octanol–water partition coefficient (Wildman–Crippen LogP) is 3.44. The monoisotopic (exact) mass is 222 g/mol. The lowest BCUT2D eigenvalue weighted by Crippen LogP contribution is -2.38. The molecule has 2 heteroatoms. The van der Waals surface area contributed by atoms with Gasteiger partial charge in [-0.3, -0.25) is 0 Å². The molecule has 0 atom stereocenters. The first kappa shape index (κ1) is 13.5. The van der Waals surface area contributed by atoms with E-state index in [9.17, 15) is 0 Å². The summed E-state index contributed by atoms with van der Waals surface area (Å²) in [6.07, 6.45) is 4.80. The number of likely N-dealkylation sites (tertiary alicyclic amines) is 1. The average molecular weight is 222 g/mol. The molecule has 0 N–H and O–H groups in total. The standard InChI is InChI=1S/C14H26N2/c1-13(2)7-10-16(11-8-13)9-5-6-14(3,4)12-15/h5-11H2,1-4H3. The third-order valence-corrected chi connectivity index (χ3v) is 3.79. The van der Waals surface area contributed by atoms with Crippen LogP contribution in [0.2, 0.25) is 0 Å². The van der Waals surface area contributed by atoms with E-state index in [1.807, 2.05) is 13.8 Å². The van der Waals surface area contributed by atoms with Crippen LogP contribution in [0.15, 0.2) is 0 Å². The molecule has 0 radical (unpaired) electrons. The molecule has 0 saturated carbocycles. The molecule has 1 aliphatic rings. The minimum Gasteiger partial charge on any atom is -0.303 e. The fourth-order valence-electron chi connectivity index (χ4n) is 2.18. The minimum atomic E-state index is -0.144. The molecule has 0 aromatic heterocycles. The highest BCUT2D eigenvalue weighted by Gasteiger charge is 2.25. The summed E-state index contributed by atoms with van der Waals surface area (Å²) in [5.74, 6) is 0. The molecule has 0 aromatic carbocycles. The van der Waals surface area contributed by atoms with Crippen molar-refractivity contribution in [2.45, 2.75) is 53.4 Å². The molecule has 2 nitrogen and oxygen atoms in total. The van der Waals surface area contributed by atoms with Crippen molar-refractivity contribution in [2.24, 2.45) is 10.8 Å². The van der Waals surface area contributed by atoms with Crippen molar-refractivity contribution in [1.29, 1.82) is 5.26 Å². The second kappa shape index (κ2) is 5.19. The highest BCUT2D eigenvalue weighted by Crippen LogP contribution is 2.30. The summed E-state index contributed by atoms with van der Waals surface area (Å²) < 4.78 is 0. The van der Waals surface area contributed by atoms with Crippen LogP contribution in [0.25, 0.3) is 0 Å². The van der Waals surface area contributed by atoms with E-state index in [1.165, 1.54) is 32.5 Å². The molecule has 1 fully saturated rings. The van der Waals surface area contributed by atoms with E-state index in [2.05, 4.69) is 24.8 Å². The number of nitrogens with zero attached hydrogens (tertiary/aromatic N) is 2. The van der Waals surface area contributed by atoms with Gasteiger partial charge < -0.3 is 4.90 Å². The molecule has 0 aliphatic carbocycles. The van der Waals surface area contributed by atoms with Crippen LogP contribution in [0.3, 0.4) is 0 Å². The van der Waals surface area contributed by atoms with Gasteiger partial charge in [-0.15, -0.1) is 0 Å². The number of hydrogen-bond acceptors (Lipinski definition) is 2. The molecule has 1 rings (SSSR count). The zero-order chi connectivity index (χ0) is 12.2. The molecular weight excluding hydrogens is 196 g/mol. The van der Waals surface area contributed by atoms with Crippen molar-refractivity contribution in [2.75, 3.05) is 19.6 Å². The number of nitriles is 1. The van der Waals surface area contributed by atoms with Crippen molar-refractivity contribution in [3.63, 3.8) is 0 Å². The molecule has 0 spiro atoms. The third kappa shape index (κ3) is 4.53. The Morgan fingerprint density at radius 3 is 2.31 bits per heavy atom. The van der Waals surface area contributed by atoms with Crippen molar-refractivity contribution < 1.29 is 0 Å². The second-order valence-electron chi connectivity index (χ2n) is 6.61. The summed E-state index contributed by atoms with van der Waals surface area (Å²) in [5.41, 5.74) is 0.400. The summed E-state index contributed by atoms with van der Waals surface area (Å²) in [6.45, 7) is 12.4. The van der Waals surface area contributed by atoms with E-state index in [0.717, 1.165) is 12.8 Å². The fourth-order valence-corrected chi connectivity index (χ4v) is 2.18. The Kier molecular flexibility index (Phi) is 4.38. The number of piperidine rings is 1. The fraction of sp³-hybridized carbons (Fsp3) is 0.929. The first-order valence-corrected chi connectivity index (χ1v) is 6.48. The Bertz CT molecular complexity index is 250. The predicted molar refractivity (Wildman–Crippen MR) is 68.1 cm³/mol. The molecule has 0 bridgehead atoms. The topological polar surface area (TPSA) is 27.0 Å². The Hall–Kier alpha value is -0.550. The quantitative estimate of drug-likeness (QED) is 0.728. The summed E-state index contributed by atoms with van der Waals surface area (Å²) >= 11 is 0. The van der Waals surface area contributed by atoms with Gasteiger partial charge in [-0.05, 0) is 64.6 Å². The van der Waals surface area contributed by atoms with Gasteiger partial charge in [-0.25, -0.2) is 0 Å². The van der Waals surface area contributed by atoms with Crippen molar-refractivity contribution in [1.82, 2.24) is 4.90 Å². The molecule has 0 unspecified atom stereocenters. The number of rotatable bonds is 4. The highest BCUT2D eigenvalue weighted by molar-refractivity contribution is 4.91. The lowest BCUT2D eigenvalue weighted by atomic mass is 9.82. The summed E-state index contributed by atoms with van der Waals surface area (Å²) in [7, 11) is 0.